The molecule has 2 aromatic carbocycles. The standard InChI is InChI=1S/C19H17N3O5/c1-26-15-9-5-3-7-13(15)20-11-12-17(23)21-19(25)22(18(12)24)14-8-4-6-10-16(14)27-2/h3-11,24H,1-2H3,(H,21,23,25). The first-order chi connectivity index (χ1) is 13.1. The Bertz CT molecular complexity index is 1110. The van der Waals surface area contributed by atoms with E-state index in [9.17, 15) is 14.7 Å². The number of methoxy groups -OCH3 is 2. The number of aromatic nitrogens is 2. The summed E-state index contributed by atoms with van der Waals surface area (Å²) < 4.78 is 11.4. The molecule has 0 saturated heterocycles. The van der Waals surface area contributed by atoms with Gasteiger partial charge in [-0.25, -0.2) is 9.36 Å². The van der Waals surface area contributed by atoms with E-state index in [0.717, 1.165) is 4.57 Å². The third kappa shape index (κ3) is 3.45. The van der Waals surface area contributed by atoms with Crippen molar-refractivity contribution in [3.63, 3.8) is 0 Å². The summed E-state index contributed by atoms with van der Waals surface area (Å²) in [6.07, 6.45) is 1.18. The van der Waals surface area contributed by atoms with Crippen molar-refractivity contribution in [2.75, 3.05) is 14.2 Å². The summed E-state index contributed by atoms with van der Waals surface area (Å²) >= 11 is 0. The summed E-state index contributed by atoms with van der Waals surface area (Å²) in [6, 6.07) is 13.6. The van der Waals surface area contributed by atoms with Crippen molar-refractivity contribution in [3.05, 3.63) is 74.9 Å². The van der Waals surface area contributed by atoms with E-state index in [0.29, 0.717) is 17.2 Å². The minimum Gasteiger partial charge on any atom is -0.495 e. The van der Waals surface area contributed by atoms with Gasteiger partial charge in [0.2, 0.25) is 5.88 Å². The lowest BCUT2D eigenvalue weighted by Gasteiger charge is -2.12. The zero-order valence-electron chi connectivity index (χ0n) is 14.7. The average Bonchev–Trinajstić information content (AvgIpc) is 2.68. The first kappa shape index (κ1) is 18.0. The van der Waals surface area contributed by atoms with Crippen LogP contribution in [-0.4, -0.2) is 35.1 Å². The summed E-state index contributed by atoms with van der Waals surface area (Å²) in [5.41, 5.74) is -0.982. The van der Waals surface area contributed by atoms with Crippen LogP contribution in [0.4, 0.5) is 5.69 Å². The molecule has 0 saturated carbocycles. The Balaban J connectivity index is 2.17. The number of H-pyrrole nitrogens is 1. The predicted octanol–water partition coefficient (Wildman–Crippen LogP) is 2.00. The average molecular weight is 367 g/mol. The summed E-state index contributed by atoms with van der Waals surface area (Å²) in [7, 11) is 2.94. The van der Waals surface area contributed by atoms with Gasteiger partial charge in [-0.3, -0.25) is 14.8 Å². The molecule has 8 heteroatoms. The Labute approximate surface area is 154 Å². The highest BCUT2D eigenvalue weighted by Crippen LogP contribution is 2.27. The van der Waals surface area contributed by atoms with E-state index < -0.39 is 17.1 Å². The van der Waals surface area contributed by atoms with E-state index in [4.69, 9.17) is 9.47 Å². The zero-order valence-corrected chi connectivity index (χ0v) is 14.7. The molecule has 0 unspecified atom stereocenters. The molecule has 3 aromatic rings. The normalized spacial score (nSPS) is 10.9. The van der Waals surface area contributed by atoms with E-state index >= 15 is 0 Å². The van der Waals surface area contributed by atoms with E-state index in [2.05, 4.69) is 9.98 Å². The van der Waals surface area contributed by atoms with Gasteiger partial charge in [0.25, 0.3) is 5.56 Å². The number of para-hydroxylation sites is 4. The molecule has 0 aliphatic rings. The Morgan fingerprint density at radius 1 is 1.00 bits per heavy atom. The SMILES string of the molecule is COc1ccccc1N=Cc1c(O)n(-c2ccccc2OC)c(=O)[nH]c1=O. The summed E-state index contributed by atoms with van der Waals surface area (Å²) in [6.45, 7) is 0. The monoisotopic (exact) mass is 367 g/mol. The zero-order chi connectivity index (χ0) is 19.4. The van der Waals surface area contributed by atoms with E-state index in [1.54, 1.807) is 48.5 Å². The molecule has 3 rings (SSSR count). The second kappa shape index (κ2) is 7.61. The van der Waals surface area contributed by atoms with Gasteiger partial charge in [0, 0.05) is 6.21 Å². The molecule has 138 valence electrons. The topological polar surface area (TPSA) is 106 Å². The molecule has 0 amide bonds. The van der Waals surface area contributed by atoms with Gasteiger partial charge in [-0.15, -0.1) is 0 Å². The number of rotatable bonds is 5. The minimum absolute atomic E-state index is 0.175. The van der Waals surface area contributed by atoms with Crippen LogP contribution in [0, 0.1) is 0 Å². The lowest BCUT2D eigenvalue weighted by atomic mass is 10.2. The predicted molar refractivity (Wildman–Crippen MR) is 101 cm³/mol. The van der Waals surface area contributed by atoms with Gasteiger partial charge in [0.05, 0.1) is 19.9 Å². The van der Waals surface area contributed by atoms with Gasteiger partial charge in [-0.05, 0) is 24.3 Å². The number of hydrogen-bond acceptors (Lipinski definition) is 6. The van der Waals surface area contributed by atoms with Crippen LogP contribution < -0.4 is 20.7 Å². The molecule has 8 nitrogen and oxygen atoms in total. The van der Waals surface area contributed by atoms with Crippen molar-refractivity contribution in [1.29, 1.82) is 0 Å². The Hall–Kier alpha value is -3.81. The molecule has 0 spiro atoms. The molecular weight excluding hydrogens is 350 g/mol. The number of aromatic amines is 1. The van der Waals surface area contributed by atoms with Crippen molar-refractivity contribution in [2.45, 2.75) is 0 Å². The fourth-order valence-corrected chi connectivity index (χ4v) is 2.56. The largest absolute Gasteiger partial charge is 0.495 e. The maximum absolute atomic E-state index is 12.3. The second-order valence-electron chi connectivity index (χ2n) is 5.43. The Kier molecular flexibility index (Phi) is 5.07. The van der Waals surface area contributed by atoms with Crippen LogP contribution in [0.15, 0.2) is 63.1 Å². The third-order valence-electron chi connectivity index (χ3n) is 3.86. The first-order valence-electron chi connectivity index (χ1n) is 7.95. The first-order valence-corrected chi connectivity index (χ1v) is 7.95. The van der Waals surface area contributed by atoms with Crippen LogP contribution in [-0.2, 0) is 0 Å². The quantitative estimate of drug-likeness (QED) is 0.671. The Morgan fingerprint density at radius 3 is 2.33 bits per heavy atom. The van der Waals surface area contributed by atoms with Crippen molar-refractivity contribution in [1.82, 2.24) is 9.55 Å². The molecule has 0 fully saturated rings. The van der Waals surface area contributed by atoms with E-state index in [1.807, 2.05) is 0 Å². The lowest BCUT2D eigenvalue weighted by molar-refractivity contribution is 0.401. The molecular formula is C19H17N3O5. The van der Waals surface area contributed by atoms with Gasteiger partial charge >= 0.3 is 5.69 Å². The molecule has 1 heterocycles. The van der Waals surface area contributed by atoms with Gasteiger partial charge in [-0.1, -0.05) is 24.3 Å². The highest BCUT2D eigenvalue weighted by Gasteiger charge is 2.17. The highest BCUT2D eigenvalue weighted by molar-refractivity contribution is 5.85. The summed E-state index contributed by atoms with van der Waals surface area (Å²) in [5, 5.41) is 10.6. The molecule has 1 aromatic heterocycles. The molecule has 0 radical (unpaired) electrons. The van der Waals surface area contributed by atoms with E-state index in [1.165, 1.54) is 20.4 Å². The summed E-state index contributed by atoms with van der Waals surface area (Å²) in [4.78, 5) is 30.9. The van der Waals surface area contributed by atoms with Crippen LogP contribution in [0.1, 0.15) is 5.56 Å². The number of aliphatic imine (C=N–C) groups is 1. The fraction of sp³-hybridized carbons (Fsp3) is 0.105. The van der Waals surface area contributed by atoms with Crippen molar-refractivity contribution in [3.8, 4) is 23.1 Å². The molecule has 0 aliphatic carbocycles. The number of nitrogens with one attached hydrogen (secondary N) is 1. The number of hydrogen-bond donors (Lipinski definition) is 2. The molecule has 0 atom stereocenters. The fourth-order valence-electron chi connectivity index (χ4n) is 2.56. The third-order valence-corrected chi connectivity index (χ3v) is 3.86. The van der Waals surface area contributed by atoms with Crippen molar-refractivity contribution >= 4 is 11.9 Å². The number of nitrogens with zero attached hydrogens (tertiary/aromatic N) is 2. The van der Waals surface area contributed by atoms with Crippen molar-refractivity contribution in [2.24, 2.45) is 4.99 Å². The van der Waals surface area contributed by atoms with E-state index in [-0.39, 0.29) is 11.3 Å². The maximum Gasteiger partial charge on any atom is 0.335 e. The van der Waals surface area contributed by atoms with Gasteiger partial charge < -0.3 is 14.6 Å². The van der Waals surface area contributed by atoms with Crippen LogP contribution >= 0.6 is 0 Å². The van der Waals surface area contributed by atoms with Crippen molar-refractivity contribution < 1.29 is 14.6 Å². The van der Waals surface area contributed by atoms with Crippen LogP contribution in [0.5, 0.6) is 17.4 Å². The second-order valence-corrected chi connectivity index (χ2v) is 5.43. The maximum atomic E-state index is 12.3. The molecule has 2 N–H and O–H groups in total. The molecule has 0 aliphatic heterocycles. The van der Waals surface area contributed by atoms with Crippen LogP contribution in [0.25, 0.3) is 5.69 Å². The molecule has 27 heavy (non-hydrogen) atoms. The van der Waals surface area contributed by atoms with Gasteiger partial charge in [0.15, 0.2) is 0 Å². The molecule has 0 bridgehead atoms. The van der Waals surface area contributed by atoms with Crippen LogP contribution in [0.3, 0.4) is 0 Å². The number of benzene rings is 2. The minimum atomic E-state index is -0.795. The number of ether oxygens (including phenoxy) is 2. The van der Waals surface area contributed by atoms with Gasteiger partial charge in [0.1, 0.15) is 22.7 Å². The number of aromatic hydroxyl groups is 1. The summed E-state index contributed by atoms with van der Waals surface area (Å²) in [5.74, 6) is 0.309. The Morgan fingerprint density at radius 2 is 1.63 bits per heavy atom. The highest BCUT2D eigenvalue weighted by atomic mass is 16.5. The van der Waals surface area contributed by atoms with Crippen LogP contribution in [0.2, 0.25) is 0 Å². The van der Waals surface area contributed by atoms with Gasteiger partial charge in [-0.2, -0.15) is 0 Å². The smallest absolute Gasteiger partial charge is 0.335 e. The lowest BCUT2D eigenvalue weighted by Crippen LogP contribution is -2.31.